The van der Waals surface area contributed by atoms with Gasteiger partial charge < -0.3 is 29.3 Å². The van der Waals surface area contributed by atoms with E-state index in [-0.39, 0.29) is 25.5 Å². The zero-order valence-electron chi connectivity index (χ0n) is 28.9. The summed E-state index contributed by atoms with van der Waals surface area (Å²) in [6.45, 7) is 3.47. The summed E-state index contributed by atoms with van der Waals surface area (Å²) in [5, 5.41) is 12.5. The number of halogens is 1. The quantitative estimate of drug-likeness (QED) is 0.278. The average molecular weight is 757 g/mol. The lowest BCUT2D eigenvalue weighted by Crippen LogP contribution is -2.58. The lowest BCUT2D eigenvalue weighted by Gasteiger charge is -2.38. The van der Waals surface area contributed by atoms with Crippen molar-refractivity contribution in [1.82, 2.24) is 9.80 Å². The number of aliphatic hydroxyl groups excluding tert-OH is 1. The summed E-state index contributed by atoms with van der Waals surface area (Å²) >= 11 is 3.62. The first-order valence-corrected chi connectivity index (χ1v) is 18.4. The molecule has 11 heteroatoms. The Hall–Kier alpha value is -4.32. The Labute approximate surface area is 305 Å². The van der Waals surface area contributed by atoms with Crippen molar-refractivity contribution in [3.8, 4) is 0 Å². The number of carbonyl (C=O) groups is 4. The maximum atomic E-state index is 15.2. The Bertz CT molecular complexity index is 1910. The van der Waals surface area contributed by atoms with Gasteiger partial charge in [-0.2, -0.15) is 0 Å². The third-order valence-electron chi connectivity index (χ3n) is 11.0. The summed E-state index contributed by atoms with van der Waals surface area (Å²) in [5.74, 6) is -3.79. The van der Waals surface area contributed by atoms with Crippen LogP contribution >= 0.6 is 15.9 Å². The molecule has 7 rings (SSSR count). The smallest absolute Gasteiger partial charge is 0.313 e. The molecule has 5 bridgehead atoms. The van der Waals surface area contributed by atoms with Crippen molar-refractivity contribution in [3.05, 3.63) is 101 Å². The molecule has 0 unspecified atom stereocenters. The maximum absolute atomic E-state index is 15.2. The van der Waals surface area contributed by atoms with Gasteiger partial charge in [0.05, 0.1) is 24.6 Å². The first-order valence-electron chi connectivity index (χ1n) is 17.6. The average Bonchev–Trinajstić information content (AvgIpc) is 3.74. The molecule has 8 atom stereocenters. The number of hydrogen-bond donors (Lipinski definition) is 1. The number of amides is 3. The highest BCUT2D eigenvalue weighted by atomic mass is 79.9. The molecule has 266 valence electrons. The van der Waals surface area contributed by atoms with Crippen molar-refractivity contribution in [3.63, 3.8) is 0 Å². The molecule has 2 saturated heterocycles. The van der Waals surface area contributed by atoms with E-state index in [1.165, 1.54) is 4.90 Å². The van der Waals surface area contributed by atoms with E-state index in [1.807, 2.05) is 98.8 Å². The summed E-state index contributed by atoms with van der Waals surface area (Å²) in [5.41, 5.74) is -0.182. The molecule has 0 radical (unpaired) electrons. The monoisotopic (exact) mass is 755 g/mol. The number of anilines is 1. The summed E-state index contributed by atoms with van der Waals surface area (Å²) in [7, 11) is 1.70. The molecular formula is C40H42BrN3O7. The van der Waals surface area contributed by atoms with Crippen LogP contribution in [0, 0.1) is 11.8 Å². The zero-order valence-corrected chi connectivity index (χ0v) is 30.4. The van der Waals surface area contributed by atoms with Crippen LogP contribution in [0.2, 0.25) is 0 Å². The van der Waals surface area contributed by atoms with E-state index < -0.39 is 65.6 Å². The zero-order chi connectivity index (χ0) is 36.0. The normalized spacial score (nSPS) is 31.2. The Morgan fingerprint density at radius 1 is 0.941 bits per heavy atom. The number of nitrogens with zero attached hydrogens (tertiary/aromatic N) is 3. The summed E-state index contributed by atoms with van der Waals surface area (Å²) in [4.78, 5) is 62.6. The van der Waals surface area contributed by atoms with E-state index in [0.717, 1.165) is 10.8 Å². The molecule has 1 spiro atoms. The van der Waals surface area contributed by atoms with Gasteiger partial charge >= 0.3 is 5.97 Å². The van der Waals surface area contributed by atoms with Gasteiger partial charge in [0.1, 0.15) is 29.8 Å². The minimum Gasteiger partial charge on any atom is -0.455 e. The van der Waals surface area contributed by atoms with Crippen LogP contribution in [-0.4, -0.2) is 88.6 Å². The Balaban J connectivity index is 1.38. The largest absolute Gasteiger partial charge is 0.455 e. The highest BCUT2D eigenvalue weighted by Gasteiger charge is 2.75. The van der Waals surface area contributed by atoms with Crippen molar-refractivity contribution in [2.24, 2.45) is 11.8 Å². The van der Waals surface area contributed by atoms with Crippen LogP contribution in [0.3, 0.4) is 0 Å². The van der Waals surface area contributed by atoms with E-state index in [2.05, 4.69) is 15.9 Å². The topological polar surface area (TPSA) is 117 Å². The standard InChI is InChI=1S/C40H42BrN3O7/c1-4-28(23-45)44-36-38(48)43(29-19-18-25-13-10-11-16-27(25)21-29)20-12-6-9-17-31(46)42(3)24(2)34(26-14-7-5-8-15-26)50-39(49)32-33(37(44)47)40(36)22-30(41)35(32)51-40/h5-8,10-16,18-19,21-22,24,28,32-36,45H,4,9,17,20,23H2,1-3H3/b12-6-/t24-,28+,32+,33-,34+,35+,36+,40-/m1/s1. The van der Waals surface area contributed by atoms with Crippen LogP contribution in [-0.2, 0) is 28.7 Å². The van der Waals surface area contributed by atoms with Crippen LogP contribution in [0.4, 0.5) is 5.69 Å². The molecule has 0 aliphatic carbocycles. The van der Waals surface area contributed by atoms with Gasteiger partial charge in [-0.3, -0.25) is 19.2 Å². The molecule has 4 aliphatic heterocycles. The van der Waals surface area contributed by atoms with Crippen molar-refractivity contribution >= 4 is 56.1 Å². The fourth-order valence-corrected chi connectivity index (χ4v) is 8.97. The van der Waals surface area contributed by atoms with Crippen LogP contribution in [0.1, 0.15) is 44.8 Å². The number of carbonyl (C=O) groups excluding carboxylic acids is 4. The van der Waals surface area contributed by atoms with E-state index >= 15 is 4.79 Å². The van der Waals surface area contributed by atoms with Gasteiger partial charge in [0.25, 0.3) is 5.91 Å². The lowest BCUT2D eigenvalue weighted by atomic mass is 9.74. The number of cyclic esters (lactones) is 1. The van der Waals surface area contributed by atoms with Gasteiger partial charge in [0, 0.05) is 30.2 Å². The molecule has 10 nitrogen and oxygen atoms in total. The number of likely N-dealkylation sites (N-methyl/N-ethyl adjacent to an activating group) is 1. The molecular weight excluding hydrogens is 714 g/mol. The van der Waals surface area contributed by atoms with Crippen molar-refractivity contribution in [1.29, 1.82) is 0 Å². The number of benzene rings is 3. The first-order chi connectivity index (χ1) is 24.6. The highest BCUT2D eigenvalue weighted by molar-refractivity contribution is 9.11. The minimum atomic E-state index is -1.50. The van der Waals surface area contributed by atoms with Crippen molar-refractivity contribution < 1.29 is 33.8 Å². The summed E-state index contributed by atoms with van der Waals surface area (Å²) in [6, 6.07) is 20.4. The summed E-state index contributed by atoms with van der Waals surface area (Å²) in [6.07, 6.45) is 4.83. The number of esters is 1. The van der Waals surface area contributed by atoms with Gasteiger partial charge in [-0.05, 0) is 54.3 Å². The third-order valence-corrected chi connectivity index (χ3v) is 11.7. The molecule has 51 heavy (non-hydrogen) atoms. The van der Waals surface area contributed by atoms with Gasteiger partial charge in [0.15, 0.2) is 0 Å². The first kappa shape index (κ1) is 35.1. The molecule has 0 saturated carbocycles. The third kappa shape index (κ3) is 5.89. The van der Waals surface area contributed by atoms with E-state index in [0.29, 0.717) is 28.6 Å². The Morgan fingerprint density at radius 2 is 1.67 bits per heavy atom. The molecule has 3 aromatic rings. The van der Waals surface area contributed by atoms with Crippen LogP contribution in [0.15, 0.2) is 95.5 Å². The number of hydrogen-bond acceptors (Lipinski definition) is 7. The molecule has 2 fully saturated rings. The SMILES string of the molecule is CC[C@@H](CO)N1C(=O)[C@H]2[C@@H]3C(=O)O[C@H](c4ccccc4)[C@@H](C)N(C)C(=O)CC/C=C\CN(c4ccc5ccccc5c4)C(=O)[C@H]1[C@@]21C=C(Br)[C@@H]3O1. The van der Waals surface area contributed by atoms with Gasteiger partial charge in [0.2, 0.25) is 11.8 Å². The van der Waals surface area contributed by atoms with Gasteiger partial charge in [-0.1, -0.05) is 95.7 Å². The molecule has 0 aromatic heterocycles. The van der Waals surface area contributed by atoms with Crippen LogP contribution < -0.4 is 4.90 Å². The van der Waals surface area contributed by atoms with E-state index in [1.54, 1.807) is 22.9 Å². The van der Waals surface area contributed by atoms with Crippen molar-refractivity contribution in [2.45, 2.75) is 69.0 Å². The number of ether oxygens (including phenoxy) is 2. The van der Waals surface area contributed by atoms with Crippen LogP contribution in [0.5, 0.6) is 0 Å². The second-order valence-corrected chi connectivity index (χ2v) is 14.7. The fraction of sp³-hybridized carbons (Fsp3) is 0.400. The Kier molecular flexibility index (Phi) is 9.64. The predicted octanol–water partition coefficient (Wildman–Crippen LogP) is 5.30. The van der Waals surface area contributed by atoms with Crippen LogP contribution in [0.25, 0.3) is 10.8 Å². The molecule has 4 heterocycles. The molecule has 1 N–H and O–H groups in total. The van der Waals surface area contributed by atoms with Gasteiger partial charge in [-0.15, -0.1) is 0 Å². The van der Waals surface area contributed by atoms with Crippen molar-refractivity contribution in [2.75, 3.05) is 25.1 Å². The van der Waals surface area contributed by atoms with Gasteiger partial charge in [-0.25, -0.2) is 0 Å². The number of rotatable bonds is 5. The molecule has 3 amide bonds. The minimum absolute atomic E-state index is 0.122. The highest BCUT2D eigenvalue weighted by Crippen LogP contribution is 2.59. The number of aliphatic hydroxyl groups is 1. The maximum Gasteiger partial charge on any atom is 0.313 e. The summed E-state index contributed by atoms with van der Waals surface area (Å²) < 4.78 is 13.6. The Morgan fingerprint density at radius 3 is 2.39 bits per heavy atom. The van der Waals surface area contributed by atoms with E-state index in [9.17, 15) is 19.5 Å². The number of allylic oxidation sites excluding steroid dienone is 1. The number of fused-ring (bicyclic) bond motifs is 3. The second-order valence-electron chi connectivity index (χ2n) is 13.8. The second kappa shape index (κ2) is 14.0. The fourth-order valence-electron chi connectivity index (χ4n) is 8.23. The van der Waals surface area contributed by atoms with E-state index in [4.69, 9.17) is 9.47 Å². The number of likely N-dealkylation sites (tertiary alicyclic amines) is 1. The predicted molar refractivity (Wildman–Crippen MR) is 196 cm³/mol. The lowest BCUT2D eigenvalue weighted by molar-refractivity contribution is -0.164. The molecule has 3 aromatic carbocycles. The molecule has 4 aliphatic rings.